The highest BCUT2D eigenvalue weighted by molar-refractivity contribution is 5.83. The van der Waals surface area contributed by atoms with Crippen LogP contribution in [0.25, 0.3) is 0 Å². The van der Waals surface area contributed by atoms with Gasteiger partial charge in [0.05, 0.1) is 12.0 Å². The van der Waals surface area contributed by atoms with Crippen molar-refractivity contribution >= 4 is 5.91 Å². The minimum absolute atomic E-state index is 0.0928. The molecular formula is C16H24N2O2. The van der Waals surface area contributed by atoms with E-state index in [2.05, 4.69) is 29.7 Å². The van der Waals surface area contributed by atoms with E-state index in [1.165, 1.54) is 11.1 Å². The summed E-state index contributed by atoms with van der Waals surface area (Å²) in [6, 6.07) is 8.25. The van der Waals surface area contributed by atoms with Crippen molar-refractivity contribution < 1.29 is 9.53 Å². The van der Waals surface area contributed by atoms with E-state index in [0.717, 1.165) is 19.4 Å². The van der Waals surface area contributed by atoms with Gasteiger partial charge in [0.2, 0.25) is 5.91 Å². The second kappa shape index (κ2) is 6.86. The molecule has 0 bridgehead atoms. The smallest absolute Gasteiger partial charge is 0.230 e. The van der Waals surface area contributed by atoms with Crippen LogP contribution in [0.4, 0.5) is 0 Å². The Morgan fingerprint density at radius 3 is 2.75 bits per heavy atom. The number of amides is 1. The van der Waals surface area contributed by atoms with Gasteiger partial charge in [0.1, 0.15) is 0 Å². The molecule has 0 aromatic heterocycles. The largest absolute Gasteiger partial charge is 0.384 e. The van der Waals surface area contributed by atoms with Crippen LogP contribution in [0.5, 0.6) is 0 Å². The van der Waals surface area contributed by atoms with E-state index in [1.807, 2.05) is 12.1 Å². The molecule has 1 unspecified atom stereocenters. The van der Waals surface area contributed by atoms with Gasteiger partial charge in [-0.25, -0.2) is 0 Å². The van der Waals surface area contributed by atoms with Crippen LogP contribution in [-0.4, -0.2) is 32.7 Å². The number of hydrogen-bond donors (Lipinski definition) is 2. The second-order valence-electron chi connectivity index (χ2n) is 5.45. The van der Waals surface area contributed by atoms with Crippen molar-refractivity contribution in [3.8, 4) is 0 Å². The molecule has 1 aliphatic heterocycles. The number of carbonyl (C=O) groups is 1. The van der Waals surface area contributed by atoms with Crippen LogP contribution in [-0.2, 0) is 22.5 Å². The first kappa shape index (κ1) is 15.0. The Balaban J connectivity index is 2.00. The normalized spacial score (nSPS) is 21.9. The monoisotopic (exact) mass is 276 g/mol. The number of nitrogens with one attached hydrogen (secondary N) is 2. The first-order chi connectivity index (χ1) is 9.72. The van der Waals surface area contributed by atoms with Gasteiger partial charge in [-0.1, -0.05) is 31.2 Å². The molecule has 110 valence electrons. The van der Waals surface area contributed by atoms with Crippen LogP contribution in [0.1, 0.15) is 24.5 Å². The molecule has 1 saturated heterocycles. The van der Waals surface area contributed by atoms with Crippen molar-refractivity contribution in [2.45, 2.75) is 26.3 Å². The Labute approximate surface area is 120 Å². The Hall–Kier alpha value is -1.39. The van der Waals surface area contributed by atoms with E-state index in [9.17, 15) is 4.79 Å². The lowest BCUT2D eigenvalue weighted by atomic mass is 9.87. The maximum Gasteiger partial charge on any atom is 0.230 e. The van der Waals surface area contributed by atoms with Crippen LogP contribution in [0.15, 0.2) is 24.3 Å². The molecule has 1 atom stereocenters. The number of aryl methyl sites for hydroxylation is 1. The van der Waals surface area contributed by atoms with E-state index >= 15 is 0 Å². The van der Waals surface area contributed by atoms with E-state index in [0.29, 0.717) is 19.7 Å². The van der Waals surface area contributed by atoms with Crippen molar-refractivity contribution in [1.29, 1.82) is 0 Å². The molecule has 1 aromatic carbocycles. The van der Waals surface area contributed by atoms with Crippen LogP contribution in [0, 0.1) is 5.41 Å². The van der Waals surface area contributed by atoms with Gasteiger partial charge in [0.25, 0.3) is 0 Å². The highest BCUT2D eigenvalue weighted by Gasteiger charge is 2.41. The van der Waals surface area contributed by atoms with E-state index in [-0.39, 0.29) is 5.91 Å². The second-order valence-corrected chi connectivity index (χ2v) is 5.45. The van der Waals surface area contributed by atoms with Crippen molar-refractivity contribution in [2.24, 2.45) is 5.41 Å². The number of rotatable bonds is 6. The van der Waals surface area contributed by atoms with Crippen molar-refractivity contribution in [1.82, 2.24) is 10.6 Å². The van der Waals surface area contributed by atoms with Gasteiger partial charge < -0.3 is 15.4 Å². The fourth-order valence-electron chi connectivity index (χ4n) is 2.84. The van der Waals surface area contributed by atoms with Crippen LogP contribution >= 0.6 is 0 Å². The van der Waals surface area contributed by atoms with Crippen LogP contribution in [0.3, 0.4) is 0 Å². The number of benzene rings is 1. The van der Waals surface area contributed by atoms with E-state index in [4.69, 9.17) is 4.74 Å². The summed E-state index contributed by atoms with van der Waals surface area (Å²) in [7, 11) is 1.65. The zero-order valence-corrected chi connectivity index (χ0v) is 12.4. The maximum absolute atomic E-state index is 12.5. The molecule has 4 heteroatoms. The zero-order chi connectivity index (χ0) is 14.4. The topological polar surface area (TPSA) is 50.4 Å². The Morgan fingerprint density at radius 1 is 1.40 bits per heavy atom. The molecule has 1 aliphatic rings. The zero-order valence-electron chi connectivity index (χ0n) is 12.4. The van der Waals surface area contributed by atoms with E-state index < -0.39 is 5.41 Å². The lowest BCUT2D eigenvalue weighted by Crippen LogP contribution is -2.45. The summed E-state index contributed by atoms with van der Waals surface area (Å²) < 4.78 is 5.25. The molecule has 2 rings (SSSR count). The van der Waals surface area contributed by atoms with Crippen molar-refractivity contribution in [2.75, 3.05) is 26.8 Å². The fourth-order valence-corrected chi connectivity index (χ4v) is 2.84. The third-order valence-electron chi connectivity index (χ3n) is 4.08. The summed E-state index contributed by atoms with van der Waals surface area (Å²) in [5.41, 5.74) is 2.08. The van der Waals surface area contributed by atoms with Gasteiger partial charge in [-0.2, -0.15) is 0 Å². The third-order valence-corrected chi connectivity index (χ3v) is 4.08. The standard InChI is InChI=1S/C16H24N2O2/c1-3-13-6-4-5-7-14(13)10-18-15(19)16(12-20-2)8-9-17-11-16/h4-7,17H,3,8-12H2,1-2H3,(H,18,19). The van der Waals surface area contributed by atoms with Crippen molar-refractivity contribution in [3.05, 3.63) is 35.4 Å². The molecule has 1 aromatic rings. The molecule has 1 fully saturated rings. The molecule has 20 heavy (non-hydrogen) atoms. The molecule has 0 spiro atoms. The Kier molecular flexibility index (Phi) is 5.15. The summed E-state index contributed by atoms with van der Waals surface area (Å²) in [6.07, 6.45) is 1.82. The molecule has 2 N–H and O–H groups in total. The highest BCUT2D eigenvalue weighted by Crippen LogP contribution is 2.26. The lowest BCUT2D eigenvalue weighted by molar-refractivity contribution is -0.133. The minimum atomic E-state index is -0.407. The van der Waals surface area contributed by atoms with E-state index in [1.54, 1.807) is 7.11 Å². The van der Waals surface area contributed by atoms with Gasteiger partial charge >= 0.3 is 0 Å². The van der Waals surface area contributed by atoms with Gasteiger partial charge in [-0.3, -0.25) is 4.79 Å². The predicted molar refractivity (Wildman–Crippen MR) is 79.5 cm³/mol. The van der Waals surface area contributed by atoms with Gasteiger partial charge in [0.15, 0.2) is 0 Å². The summed E-state index contributed by atoms with van der Waals surface area (Å²) in [6.45, 7) is 4.77. The molecule has 0 radical (unpaired) electrons. The molecule has 1 amide bonds. The summed E-state index contributed by atoms with van der Waals surface area (Å²) >= 11 is 0. The van der Waals surface area contributed by atoms with Gasteiger partial charge in [-0.15, -0.1) is 0 Å². The summed E-state index contributed by atoms with van der Waals surface area (Å²) in [5, 5.41) is 6.34. The molecule has 1 heterocycles. The molecule has 0 saturated carbocycles. The number of methoxy groups -OCH3 is 1. The van der Waals surface area contributed by atoms with Gasteiger partial charge in [-0.05, 0) is 30.5 Å². The SMILES string of the molecule is CCc1ccccc1CNC(=O)C1(COC)CCNC1. The minimum Gasteiger partial charge on any atom is -0.384 e. The maximum atomic E-state index is 12.5. The summed E-state index contributed by atoms with van der Waals surface area (Å²) in [5.74, 6) is 0.0928. The number of ether oxygens (including phenoxy) is 1. The molecule has 0 aliphatic carbocycles. The van der Waals surface area contributed by atoms with Crippen molar-refractivity contribution in [3.63, 3.8) is 0 Å². The van der Waals surface area contributed by atoms with Crippen LogP contribution in [0.2, 0.25) is 0 Å². The van der Waals surface area contributed by atoms with Gasteiger partial charge in [0, 0.05) is 20.2 Å². The Morgan fingerprint density at radius 2 is 2.15 bits per heavy atom. The number of carbonyl (C=O) groups excluding carboxylic acids is 1. The highest BCUT2D eigenvalue weighted by atomic mass is 16.5. The average molecular weight is 276 g/mol. The summed E-state index contributed by atoms with van der Waals surface area (Å²) in [4.78, 5) is 12.5. The Bertz CT molecular complexity index is 454. The average Bonchev–Trinajstić information content (AvgIpc) is 2.95. The quantitative estimate of drug-likeness (QED) is 0.827. The van der Waals surface area contributed by atoms with Crippen LogP contribution < -0.4 is 10.6 Å². The molecule has 4 nitrogen and oxygen atoms in total. The number of hydrogen-bond acceptors (Lipinski definition) is 3. The molecular weight excluding hydrogens is 252 g/mol. The first-order valence-electron chi connectivity index (χ1n) is 7.26. The lowest BCUT2D eigenvalue weighted by Gasteiger charge is -2.26. The first-order valence-corrected chi connectivity index (χ1v) is 7.26. The third kappa shape index (κ3) is 3.19. The predicted octanol–water partition coefficient (Wildman–Crippen LogP) is 1.49. The fraction of sp³-hybridized carbons (Fsp3) is 0.562.